The van der Waals surface area contributed by atoms with Crippen LogP contribution in [-0.4, -0.2) is 35.9 Å². The van der Waals surface area contributed by atoms with Crippen molar-refractivity contribution < 1.29 is 36.2 Å². The second-order valence-electron chi connectivity index (χ2n) is 8.38. The standard InChI is InChI=1S/C25H23ClF5N3O4/c1-2-6-34-21(33-7-9-36-10-8-33)14-20(32-24(34)35)38-23(15-11-18(27)22(26)19(28)12-15)37-17-5-3-4-16(13-17)25(29,30)31/h3-5,11-14,23H,2,6-10H2,1H3. The van der Waals surface area contributed by atoms with Crippen molar-refractivity contribution >= 4 is 17.4 Å². The molecule has 7 nitrogen and oxygen atoms in total. The SMILES string of the molecule is CCCn1c(N2CCOCC2)cc(OC(Oc2cccc(C(F)(F)F)c2)c2cc(F)c(Cl)c(F)c2)nc1=O. The van der Waals surface area contributed by atoms with Crippen molar-refractivity contribution in [2.75, 3.05) is 31.2 Å². The highest BCUT2D eigenvalue weighted by atomic mass is 35.5. The van der Waals surface area contributed by atoms with Crippen LogP contribution in [-0.2, 0) is 17.5 Å². The van der Waals surface area contributed by atoms with E-state index in [0.29, 0.717) is 51.2 Å². The second kappa shape index (κ2) is 11.6. The molecule has 1 unspecified atom stereocenters. The van der Waals surface area contributed by atoms with Crippen molar-refractivity contribution in [3.8, 4) is 11.6 Å². The van der Waals surface area contributed by atoms with E-state index in [1.54, 1.807) is 0 Å². The summed E-state index contributed by atoms with van der Waals surface area (Å²) in [5.74, 6) is -2.34. The van der Waals surface area contributed by atoms with Gasteiger partial charge < -0.3 is 19.1 Å². The molecule has 1 aliphatic heterocycles. The molecule has 0 radical (unpaired) electrons. The monoisotopic (exact) mass is 559 g/mol. The number of hydrogen-bond acceptors (Lipinski definition) is 6. The predicted molar refractivity (Wildman–Crippen MR) is 129 cm³/mol. The molecule has 38 heavy (non-hydrogen) atoms. The normalized spacial score (nSPS) is 14.9. The molecule has 3 aromatic rings. The fraction of sp³-hybridized carbons (Fsp3) is 0.360. The summed E-state index contributed by atoms with van der Waals surface area (Å²) in [6.45, 7) is 4.11. The highest BCUT2D eigenvalue weighted by Gasteiger charge is 2.31. The van der Waals surface area contributed by atoms with Crippen LogP contribution in [0, 0.1) is 11.6 Å². The summed E-state index contributed by atoms with van der Waals surface area (Å²) in [6, 6.07) is 7.00. The van der Waals surface area contributed by atoms with Gasteiger partial charge in [-0.1, -0.05) is 24.6 Å². The molecule has 0 bridgehead atoms. The van der Waals surface area contributed by atoms with E-state index >= 15 is 0 Å². The fourth-order valence-corrected chi connectivity index (χ4v) is 3.98. The summed E-state index contributed by atoms with van der Waals surface area (Å²) >= 11 is 5.59. The van der Waals surface area contributed by atoms with Crippen molar-refractivity contribution in [1.29, 1.82) is 0 Å². The first-order valence-electron chi connectivity index (χ1n) is 11.7. The third-order valence-electron chi connectivity index (χ3n) is 5.66. The van der Waals surface area contributed by atoms with E-state index in [-0.39, 0.29) is 17.2 Å². The number of halogens is 6. The number of anilines is 1. The Morgan fingerprint density at radius 3 is 2.39 bits per heavy atom. The van der Waals surface area contributed by atoms with E-state index in [2.05, 4.69) is 4.98 Å². The van der Waals surface area contributed by atoms with Gasteiger partial charge in [0.2, 0.25) is 5.88 Å². The average molecular weight is 560 g/mol. The number of morpholine rings is 1. The molecule has 4 rings (SSSR count). The summed E-state index contributed by atoms with van der Waals surface area (Å²) in [7, 11) is 0. The fourth-order valence-electron chi connectivity index (χ4n) is 3.87. The van der Waals surface area contributed by atoms with Crippen LogP contribution >= 0.6 is 11.6 Å². The first-order valence-corrected chi connectivity index (χ1v) is 12.0. The summed E-state index contributed by atoms with van der Waals surface area (Å²) in [5, 5.41) is -0.776. The minimum absolute atomic E-state index is 0.241. The van der Waals surface area contributed by atoms with Crippen LogP contribution in [0.2, 0.25) is 5.02 Å². The Morgan fingerprint density at radius 2 is 1.76 bits per heavy atom. The van der Waals surface area contributed by atoms with Crippen molar-refractivity contribution in [2.45, 2.75) is 32.4 Å². The van der Waals surface area contributed by atoms with Gasteiger partial charge >= 0.3 is 11.9 Å². The van der Waals surface area contributed by atoms with Gasteiger partial charge in [0.25, 0.3) is 6.29 Å². The van der Waals surface area contributed by atoms with Crippen LogP contribution in [0.4, 0.5) is 27.8 Å². The summed E-state index contributed by atoms with van der Waals surface area (Å²) in [4.78, 5) is 18.7. The average Bonchev–Trinajstić information content (AvgIpc) is 2.88. The maximum atomic E-state index is 14.3. The lowest BCUT2D eigenvalue weighted by Crippen LogP contribution is -2.40. The third-order valence-corrected chi connectivity index (χ3v) is 6.02. The molecule has 0 amide bonds. The van der Waals surface area contributed by atoms with Gasteiger partial charge in [-0.25, -0.2) is 13.6 Å². The Hall–Kier alpha value is -3.38. The molecule has 0 aliphatic carbocycles. The van der Waals surface area contributed by atoms with E-state index in [1.807, 2.05) is 11.8 Å². The van der Waals surface area contributed by atoms with E-state index in [9.17, 15) is 26.7 Å². The van der Waals surface area contributed by atoms with Crippen LogP contribution in [0.3, 0.4) is 0 Å². The van der Waals surface area contributed by atoms with E-state index in [4.69, 9.17) is 25.8 Å². The Balaban J connectivity index is 1.75. The molecule has 204 valence electrons. The topological polar surface area (TPSA) is 65.8 Å². The largest absolute Gasteiger partial charge is 0.450 e. The molecule has 2 aromatic carbocycles. The lowest BCUT2D eigenvalue weighted by molar-refractivity contribution is -0.137. The Kier molecular flexibility index (Phi) is 8.41. The van der Waals surface area contributed by atoms with Crippen LogP contribution < -0.4 is 20.1 Å². The highest BCUT2D eigenvalue weighted by molar-refractivity contribution is 6.30. The van der Waals surface area contributed by atoms with Gasteiger partial charge in [-0.3, -0.25) is 4.57 Å². The van der Waals surface area contributed by atoms with E-state index < -0.39 is 40.4 Å². The zero-order valence-electron chi connectivity index (χ0n) is 20.1. The van der Waals surface area contributed by atoms with Crippen molar-refractivity contribution in [3.63, 3.8) is 0 Å². The molecule has 0 saturated carbocycles. The van der Waals surface area contributed by atoms with Gasteiger partial charge in [0.1, 0.15) is 28.2 Å². The molecule has 0 N–H and O–H groups in total. The van der Waals surface area contributed by atoms with E-state index in [1.165, 1.54) is 16.7 Å². The van der Waals surface area contributed by atoms with Crippen molar-refractivity contribution in [1.82, 2.24) is 9.55 Å². The van der Waals surface area contributed by atoms with Gasteiger partial charge in [0.15, 0.2) is 0 Å². The number of alkyl halides is 3. The molecule has 1 atom stereocenters. The van der Waals surface area contributed by atoms with Crippen molar-refractivity contribution in [2.24, 2.45) is 0 Å². The van der Waals surface area contributed by atoms with Gasteiger partial charge in [-0.2, -0.15) is 18.2 Å². The number of aromatic nitrogens is 2. The maximum Gasteiger partial charge on any atom is 0.416 e. The van der Waals surface area contributed by atoms with Crippen LogP contribution in [0.25, 0.3) is 0 Å². The van der Waals surface area contributed by atoms with Gasteiger partial charge in [0, 0.05) is 31.3 Å². The molecule has 0 spiro atoms. The first-order chi connectivity index (χ1) is 18.1. The maximum absolute atomic E-state index is 14.3. The first kappa shape index (κ1) is 27.6. The number of benzene rings is 2. The summed E-state index contributed by atoms with van der Waals surface area (Å²) in [5.41, 5.74) is -1.89. The number of hydrogen-bond donors (Lipinski definition) is 0. The molecule has 2 heterocycles. The van der Waals surface area contributed by atoms with Crippen LogP contribution in [0.1, 0.15) is 30.8 Å². The lowest BCUT2D eigenvalue weighted by atomic mass is 10.2. The molecular formula is C25H23ClF5N3O4. The van der Waals surface area contributed by atoms with Gasteiger partial charge in [-0.15, -0.1) is 0 Å². The summed E-state index contributed by atoms with van der Waals surface area (Å²) in [6.07, 6.45) is -5.71. The second-order valence-corrected chi connectivity index (χ2v) is 8.76. The number of ether oxygens (including phenoxy) is 3. The summed E-state index contributed by atoms with van der Waals surface area (Å²) < 4.78 is 86.5. The highest BCUT2D eigenvalue weighted by Crippen LogP contribution is 2.34. The Bertz CT molecular complexity index is 1320. The minimum Gasteiger partial charge on any atom is -0.450 e. The Morgan fingerprint density at radius 1 is 1.08 bits per heavy atom. The Labute approximate surface area is 219 Å². The van der Waals surface area contributed by atoms with Crippen LogP contribution in [0.15, 0.2) is 47.3 Å². The smallest absolute Gasteiger partial charge is 0.416 e. The van der Waals surface area contributed by atoms with Gasteiger partial charge in [-0.05, 0) is 36.8 Å². The molecule has 1 aromatic heterocycles. The zero-order valence-corrected chi connectivity index (χ0v) is 20.9. The number of rotatable bonds is 8. The zero-order chi connectivity index (χ0) is 27.4. The van der Waals surface area contributed by atoms with E-state index in [0.717, 1.165) is 24.3 Å². The molecule has 1 aliphatic rings. The van der Waals surface area contributed by atoms with Gasteiger partial charge in [0.05, 0.1) is 18.8 Å². The molecule has 1 fully saturated rings. The quantitative estimate of drug-likeness (QED) is 0.203. The number of nitrogens with zero attached hydrogens (tertiary/aromatic N) is 3. The van der Waals surface area contributed by atoms with Crippen molar-refractivity contribution in [3.05, 3.63) is 80.7 Å². The predicted octanol–water partition coefficient (Wildman–Crippen LogP) is 5.60. The lowest BCUT2D eigenvalue weighted by Gasteiger charge is -2.31. The molecular weight excluding hydrogens is 537 g/mol. The van der Waals surface area contributed by atoms with Crippen LogP contribution in [0.5, 0.6) is 11.6 Å². The molecule has 1 saturated heterocycles. The third kappa shape index (κ3) is 6.36. The molecule has 13 heteroatoms. The minimum atomic E-state index is -4.66.